The number of hydrogen-bond donors (Lipinski definition) is 1. The second-order valence-electron chi connectivity index (χ2n) is 4.79. The van der Waals surface area contributed by atoms with Crippen LogP contribution < -0.4 is 5.11 Å². The molecular weight excluding hydrogens is 348 g/mol. The van der Waals surface area contributed by atoms with Crippen molar-refractivity contribution in [2.75, 3.05) is 0 Å². The molecule has 0 radical (unpaired) electrons. The molecule has 1 aromatic heterocycles. The number of benzene rings is 2. The maximum Gasteiger partial charge on any atom is 0.216 e. The van der Waals surface area contributed by atoms with E-state index in [2.05, 4.69) is 15.3 Å². The van der Waals surface area contributed by atoms with Gasteiger partial charge in [-0.1, -0.05) is 35.9 Å². The van der Waals surface area contributed by atoms with Crippen molar-refractivity contribution >= 4 is 36.0 Å². The first-order chi connectivity index (χ1) is 11.6. The molecule has 24 heavy (non-hydrogen) atoms. The smallest absolute Gasteiger partial charge is 0.216 e. The van der Waals surface area contributed by atoms with Gasteiger partial charge < -0.3 is 9.90 Å². The molecule has 0 spiro atoms. The zero-order valence-corrected chi connectivity index (χ0v) is 13.7. The average molecular weight is 358 g/mol. The van der Waals surface area contributed by atoms with Gasteiger partial charge >= 0.3 is 0 Å². The molecule has 0 atom stereocenters. The fraction of sp³-hybridized carbons (Fsp3) is 0. The molecule has 0 aliphatic heterocycles. The Labute approximate surface area is 147 Å². The fourth-order valence-corrected chi connectivity index (χ4v) is 2.41. The van der Waals surface area contributed by atoms with Gasteiger partial charge in [0.15, 0.2) is 5.82 Å². The minimum absolute atomic E-state index is 0.0457. The van der Waals surface area contributed by atoms with Crippen molar-refractivity contribution in [3.05, 3.63) is 69.5 Å². The van der Waals surface area contributed by atoms with Gasteiger partial charge in [0.05, 0.1) is 12.2 Å². The molecule has 0 bridgehead atoms. The maximum absolute atomic E-state index is 11.1. The third-order valence-corrected chi connectivity index (χ3v) is 3.76. The largest absolute Gasteiger partial charge is 0.545 e. The van der Waals surface area contributed by atoms with Gasteiger partial charge in [-0.3, -0.25) is 0 Å². The predicted molar refractivity (Wildman–Crippen MR) is 91.6 cm³/mol. The highest BCUT2D eigenvalue weighted by Crippen LogP contribution is 2.20. The number of aromatic amines is 1. The third kappa shape index (κ3) is 3.27. The molecule has 8 heteroatoms. The number of nitrogens with one attached hydrogen (secondary N) is 1. The second kappa shape index (κ2) is 6.77. The fourth-order valence-electron chi connectivity index (χ4n) is 2.10. The number of carbonyl (C=O) groups is 1. The average Bonchev–Trinajstić information content (AvgIpc) is 2.94. The summed E-state index contributed by atoms with van der Waals surface area (Å²) in [6, 6.07) is 13.4. The summed E-state index contributed by atoms with van der Waals surface area (Å²) in [5, 5.41) is 22.8. The lowest BCUT2D eigenvalue weighted by Crippen LogP contribution is -2.23. The summed E-state index contributed by atoms with van der Waals surface area (Å²) in [5.74, 6) is -0.787. The number of nitrogens with zero attached hydrogens (tertiary/aromatic N) is 3. The van der Waals surface area contributed by atoms with Crippen molar-refractivity contribution in [3.8, 4) is 11.4 Å². The number of carboxylic acids is 1. The highest BCUT2D eigenvalue weighted by Gasteiger charge is 2.08. The molecule has 0 saturated heterocycles. The molecule has 1 heterocycles. The summed E-state index contributed by atoms with van der Waals surface area (Å²) in [6.45, 7) is 0. The number of rotatable bonds is 4. The zero-order valence-electron chi connectivity index (χ0n) is 12.1. The van der Waals surface area contributed by atoms with Crippen molar-refractivity contribution in [2.24, 2.45) is 5.10 Å². The Balaban J connectivity index is 2.03. The van der Waals surface area contributed by atoms with E-state index in [1.54, 1.807) is 42.5 Å². The summed E-state index contributed by atoms with van der Waals surface area (Å²) in [5.41, 5.74) is 1.21. The lowest BCUT2D eigenvalue weighted by molar-refractivity contribution is -0.255. The number of aromatic nitrogens is 3. The van der Waals surface area contributed by atoms with Crippen LogP contribution in [-0.4, -0.2) is 27.1 Å². The Kier molecular flexibility index (Phi) is 4.54. The molecule has 2 aromatic carbocycles. The van der Waals surface area contributed by atoms with Crippen molar-refractivity contribution in [1.29, 1.82) is 0 Å². The zero-order chi connectivity index (χ0) is 17.1. The maximum atomic E-state index is 11.1. The minimum Gasteiger partial charge on any atom is -0.545 e. The van der Waals surface area contributed by atoms with E-state index < -0.39 is 5.97 Å². The molecule has 3 rings (SSSR count). The molecule has 120 valence electrons. The van der Waals surface area contributed by atoms with Crippen molar-refractivity contribution in [3.63, 3.8) is 0 Å². The van der Waals surface area contributed by atoms with Crippen LogP contribution in [0.15, 0.2) is 53.6 Å². The summed E-state index contributed by atoms with van der Waals surface area (Å²) in [7, 11) is 0. The molecular formula is C16H10ClN4O2S-. The molecule has 0 saturated carbocycles. The van der Waals surface area contributed by atoms with E-state index in [0.717, 1.165) is 5.56 Å². The summed E-state index contributed by atoms with van der Waals surface area (Å²) >= 11 is 11.1. The predicted octanol–water partition coefficient (Wildman–Crippen LogP) is 2.51. The number of aromatic carboxylic acids is 1. The number of halogens is 1. The monoisotopic (exact) mass is 357 g/mol. The molecule has 1 N–H and O–H groups in total. The number of carboxylic acid groups (broad SMARTS) is 1. The van der Waals surface area contributed by atoms with Gasteiger partial charge in [-0.05, 0) is 36.5 Å². The molecule has 0 amide bonds. The van der Waals surface area contributed by atoms with Crippen LogP contribution in [0.4, 0.5) is 0 Å². The van der Waals surface area contributed by atoms with E-state index in [1.165, 1.54) is 17.0 Å². The van der Waals surface area contributed by atoms with Crippen LogP contribution in [0.2, 0.25) is 5.02 Å². The first-order valence-corrected chi connectivity index (χ1v) is 7.63. The van der Waals surface area contributed by atoms with E-state index in [1.807, 2.05) is 0 Å². The van der Waals surface area contributed by atoms with Crippen LogP contribution in [0.3, 0.4) is 0 Å². The molecule has 3 aromatic rings. The van der Waals surface area contributed by atoms with Gasteiger partial charge in [-0.25, -0.2) is 5.10 Å². The van der Waals surface area contributed by atoms with Crippen LogP contribution in [0, 0.1) is 4.77 Å². The second-order valence-corrected chi connectivity index (χ2v) is 5.61. The SMILES string of the molecule is O=C([O-])c1ccccc1/C=N\n1c(-c2ccc(Cl)cc2)n[nH]c1=S. The van der Waals surface area contributed by atoms with Gasteiger partial charge in [0.25, 0.3) is 0 Å². The quantitative estimate of drug-likeness (QED) is 0.574. The Morgan fingerprint density at radius 3 is 2.67 bits per heavy atom. The number of carbonyl (C=O) groups excluding carboxylic acids is 1. The van der Waals surface area contributed by atoms with Gasteiger partial charge in [0, 0.05) is 21.7 Å². The van der Waals surface area contributed by atoms with Crippen LogP contribution in [0.1, 0.15) is 15.9 Å². The molecule has 6 nitrogen and oxygen atoms in total. The van der Waals surface area contributed by atoms with Gasteiger partial charge in [-0.15, -0.1) is 0 Å². The van der Waals surface area contributed by atoms with Crippen LogP contribution in [0.25, 0.3) is 11.4 Å². The van der Waals surface area contributed by atoms with E-state index in [9.17, 15) is 9.90 Å². The highest BCUT2D eigenvalue weighted by atomic mass is 35.5. The highest BCUT2D eigenvalue weighted by molar-refractivity contribution is 7.71. The van der Waals surface area contributed by atoms with E-state index >= 15 is 0 Å². The molecule has 0 aliphatic carbocycles. The Hall–Kier alpha value is -2.77. The van der Waals surface area contributed by atoms with Crippen molar-refractivity contribution in [2.45, 2.75) is 0 Å². The lowest BCUT2D eigenvalue weighted by atomic mass is 10.1. The van der Waals surface area contributed by atoms with Crippen LogP contribution in [-0.2, 0) is 0 Å². The van der Waals surface area contributed by atoms with Gasteiger partial charge in [0.2, 0.25) is 4.77 Å². The topological polar surface area (TPSA) is 86.1 Å². The van der Waals surface area contributed by atoms with E-state index in [-0.39, 0.29) is 10.3 Å². The first kappa shape index (κ1) is 16.1. The molecule has 0 aliphatic rings. The van der Waals surface area contributed by atoms with E-state index in [4.69, 9.17) is 23.8 Å². The molecule has 0 unspecified atom stereocenters. The van der Waals surface area contributed by atoms with Crippen molar-refractivity contribution in [1.82, 2.24) is 14.9 Å². The molecule has 0 fully saturated rings. The minimum atomic E-state index is -1.27. The summed E-state index contributed by atoms with van der Waals surface area (Å²) in [6.07, 6.45) is 1.40. The standard InChI is InChI=1S/C16H11ClN4O2S/c17-12-7-5-10(6-8-12)14-19-20-16(24)21(14)18-9-11-3-1-2-4-13(11)15(22)23/h1-9H,(H,20,24)(H,22,23)/p-1/b18-9-. The van der Waals surface area contributed by atoms with Gasteiger partial charge in [-0.2, -0.15) is 14.9 Å². The Morgan fingerprint density at radius 1 is 1.25 bits per heavy atom. The number of H-pyrrole nitrogens is 1. The van der Waals surface area contributed by atoms with Gasteiger partial charge in [0.1, 0.15) is 0 Å². The van der Waals surface area contributed by atoms with Crippen LogP contribution >= 0.6 is 23.8 Å². The summed E-state index contributed by atoms with van der Waals surface area (Å²) < 4.78 is 1.69. The first-order valence-electron chi connectivity index (χ1n) is 6.84. The van der Waals surface area contributed by atoms with Crippen LogP contribution in [0.5, 0.6) is 0 Å². The van der Waals surface area contributed by atoms with Crippen molar-refractivity contribution < 1.29 is 9.90 Å². The Bertz CT molecular complexity index is 976. The Morgan fingerprint density at radius 2 is 1.96 bits per heavy atom. The summed E-state index contributed by atoms with van der Waals surface area (Å²) in [4.78, 5) is 11.1. The normalized spacial score (nSPS) is 11.0. The van der Waals surface area contributed by atoms with E-state index in [0.29, 0.717) is 16.4 Å². The lowest BCUT2D eigenvalue weighted by Gasteiger charge is -2.06. The third-order valence-electron chi connectivity index (χ3n) is 3.25. The number of hydrogen-bond acceptors (Lipinski definition) is 5.